The van der Waals surface area contributed by atoms with E-state index in [9.17, 15) is 9.59 Å². The Morgan fingerprint density at radius 1 is 1.37 bits per heavy atom. The van der Waals surface area contributed by atoms with Crippen molar-refractivity contribution in [3.05, 3.63) is 0 Å². The Hall–Kier alpha value is -1.30. The maximum absolute atomic E-state index is 12.0. The fourth-order valence-corrected chi connectivity index (χ4v) is 2.46. The molecule has 1 N–H and O–H groups in total. The van der Waals surface area contributed by atoms with Crippen molar-refractivity contribution in [2.45, 2.75) is 45.4 Å². The van der Waals surface area contributed by atoms with Crippen molar-refractivity contribution in [3.8, 4) is 0 Å². The van der Waals surface area contributed by atoms with Crippen LogP contribution in [-0.2, 0) is 9.53 Å². The molecule has 0 aromatic rings. The van der Waals surface area contributed by atoms with Gasteiger partial charge in [0, 0.05) is 26.2 Å². The topological polar surface area (TPSA) is 61.9 Å². The molecule has 6 nitrogen and oxygen atoms in total. The van der Waals surface area contributed by atoms with Crippen LogP contribution in [0.2, 0.25) is 0 Å². The monoisotopic (exact) mass is 269 g/mol. The van der Waals surface area contributed by atoms with Gasteiger partial charge in [-0.3, -0.25) is 4.79 Å². The maximum atomic E-state index is 12.0. The summed E-state index contributed by atoms with van der Waals surface area (Å²) in [6.07, 6.45) is -0.293. The first-order valence-corrected chi connectivity index (χ1v) is 6.80. The smallest absolute Gasteiger partial charge is 0.410 e. The van der Waals surface area contributed by atoms with Gasteiger partial charge in [0.25, 0.3) is 0 Å². The number of amides is 2. The van der Waals surface area contributed by atoms with Crippen LogP contribution >= 0.6 is 0 Å². The van der Waals surface area contributed by atoms with Crippen LogP contribution in [0, 0.1) is 0 Å². The van der Waals surface area contributed by atoms with Gasteiger partial charge in [0.15, 0.2) is 0 Å². The van der Waals surface area contributed by atoms with Crippen molar-refractivity contribution in [2.24, 2.45) is 0 Å². The van der Waals surface area contributed by atoms with E-state index in [0.29, 0.717) is 19.6 Å². The van der Waals surface area contributed by atoms with Gasteiger partial charge in [-0.15, -0.1) is 0 Å². The van der Waals surface area contributed by atoms with Crippen molar-refractivity contribution >= 4 is 12.0 Å². The Morgan fingerprint density at radius 3 is 2.68 bits per heavy atom. The van der Waals surface area contributed by atoms with Gasteiger partial charge in [-0.05, 0) is 27.7 Å². The molecule has 2 fully saturated rings. The number of nitrogens with one attached hydrogen (secondary N) is 1. The minimum absolute atomic E-state index is 0.0602. The first-order chi connectivity index (χ1) is 8.78. The van der Waals surface area contributed by atoms with Crippen molar-refractivity contribution in [3.63, 3.8) is 0 Å². The third-order valence-corrected chi connectivity index (χ3v) is 3.45. The molecule has 19 heavy (non-hydrogen) atoms. The summed E-state index contributed by atoms with van der Waals surface area (Å²) in [6.45, 7) is 9.85. The fraction of sp³-hybridized carbons (Fsp3) is 0.846. The molecule has 0 aromatic heterocycles. The Morgan fingerprint density at radius 2 is 2.05 bits per heavy atom. The molecule has 2 aliphatic rings. The normalized spacial score (nSPS) is 28.1. The second-order valence-corrected chi connectivity index (χ2v) is 6.24. The summed E-state index contributed by atoms with van der Waals surface area (Å²) in [5, 5.41) is 3.17. The van der Waals surface area contributed by atoms with Crippen molar-refractivity contribution in [1.29, 1.82) is 0 Å². The van der Waals surface area contributed by atoms with Gasteiger partial charge in [-0.25, -0.2) is 4.79 Å². The third kappa shape index (κ3) is 3.18. The number of hydrogen-bond donors (Lipinski definition) is 1. The summed E-state index contributed by atoms with van der Waals surface area (Å²) in [5.74, 6) is 0.125. The molecule has 2 amide bonds. The third-order valence-electron chi connectivity index (χ3n) is 3.45. The van der Waals surface area contributed by atoms with E-state index in [4.69, 9.17) is 4.74 Å². The predicted octanol–water partition coefficient (Wildman–Crippen LogP) is 0.426. The Kier molecular flexibility index (Phi) is 3.71. The Labute approximate surface area is 114 Å². The van der Waals surface area contributed by atoms with E-state index in [1.165, 1.54) is 0 Å². The molecule has 2 rings (SSSR count). The lowest BCUT2D eigenvalue weighted by molar-refractivity contribution is -0.141. The van der Waals surface area contributed by atoms with Gasteiger partial charge in [-0.2, -0.15) is 0 Å². The van der Waals surface area contributed by atoms with Crippen LogP contribution in [0.15, 0.2) is 0 Å². The highest BCUT2D eigenvalue weighted by atomic mass is 16.6. The van der Waals surface area contributed by atoms with Crippen LogP contribution < -0.4 is 5.32 Å². The first-order valence-electron chi connectivity index (χ1n) is 6.80. The highest BCUT2D eigenvalue weighted by Crippen LogP contribution is 2.17. The summed E-state index contributed by atoms with van der Waals surface area (Å²) in [7, 11) is 0. The van der Waals surface area contributed by atoms with E-state index >= 15 is 0 Å². The van der Waals surface area contributed by atoms with Crippen LogP contribution in [0.25, 0.3) is 0 Å². The molecule has 2 atom stereocenters. The molecule has 0 radical (unpaired) electrons. The standard InChI is InChI=1S/C13H23N3O3/c1-9-11(17)16-6-5-15(8-10(16)7-14-9)12(18)19-13(2,3)4/h9-10,14H,5-8H2,1-4H3/t9-,10-/m1/s1. The lowest BCUT2D eigenvalue weighted by Gasteiger charge is -2.45. The van der Waals surface area contributed by atoms with E-state index in [1.54, 1.807) is 4.90 Å². The molecular formula is C13H23N3O3. The molecular weight excluding hydrogens is 246 g/mol. The lowest BCUT2D eigenvalue weighted by atomic mass is 10.1. The zero-order valence-corrected chi connectivity index (χ0v) is 12.1. The lowest BCUT2D eigenvalue weighted by Crippen LogP contribution is -2.66. The maximum Gasteiger partial charge on any atom is 0.410 e. The number of carbonyl (C=O) groups excluding carboxylic acids is 2. The minimum Gasteiger partial charge on any atom is -0.444 e. The van der Waals surface area contributed by atoms with Gasteiger partial charge in [0.2, 0.25) is 5.91 Å². The van der Waals surface area contributed by atoms with Crippen LogP contribution in [0.3, 0.4) is 0 Å². The quantitative estimate of drug-likeness (QED) is 0.692. The van der Waals surface area contributed by atoms with Crippen molar-refractivity contribution in [2.75, 3.05) is 26.2 Å². The second kappa shape index (κ2) is 5.00. The molecule has 0 unspecified atom stereocenters. The number of rotatable bonds is 0. The van der Waals surface area contributed by atoms with E-state index < -0.39 is 5.60 Å². The van der Waals surface area contributed by atoms with Gasteiger partial charge in [0.1, 0.15) is 5.60 Å². The Balaban J connectivity index is 1.96. The number of nitrogens with zero attached hydrogens (tertiary/aromatic N) is 2. The zero-order chi connectivity index (χ0) is 14.2. The van der Waals surface area contributed by atoms with Gasteiger partial charge >= 0.3 is 6.09 Å². The van der Waals surface area contributed by atoms with Gasteiger partial charge in [-0.1, -0.05) is 0 Å². The number of carbonyl (C=O) groups is 2. The molecule has 108 valence electrons. The van der Waals surface area contributed by atoms with Crippen LogP contribution in [0.5, 0.6) is 0 Å². The Bertz CT molecular complexity index is 378. The van der Waals surface area contributed by atoms with Gasteiger partial charge < -0.3 is 19.9 Å². The van der Waals surface area contributed by atoms with Gasteiger partial charge in [0.05, 0.1) is 12.1 Å². The number of ether oxygens (including phenoxy) is 1. The van der Waals surface area contributed by atoms with E-state index in [0.717, 1.165) is 6.54 Å². The number of fused-ring (bicyclic) bond motifs is 1. The predicted molar refractivity (Wildman–Crippen MR) is 70.8 cm³/mol. The average molecular weight is 269 g/mol. The molecule has 2 aliphatic heterocycles. The summed E-state index contributed by atoms with van der Waals surface area (Å²) in [5.41, 5.74) is -0.483. The number of piperazine rings is 2. The summed E-state index contributed by atoms with van der Waals surface area (Å²) in [4.78, 5) is 27.6. The van der Waals surface area contributed by atoms with Crippen molar-refractivity contribution in [1.82, 2.24) is 15.1 Å². The largest absolute Gasteiger partial charge is 0.444 e. The molecule has 2 heterocycles. The fourth-order valence-electron chi connectivity index (χ4n) is 2.46. The zero-order valence-electron chi connectivity index (χ0n) is 12.1. The highest BCUT2D eigenvalue weighted by Gasteiger charge is 2.38. The molecule has 0 spiro atoms. The molecule has 0 aromatic carbocycles. The van der Waals surface area contributed by atoms with E-state index in [-0.39, 0.29) is 24.1 Å². The van der Waals surface area contributed by atoms with E-state index in [1.807, 2.05) is 32.6 Å². The van der Waals surface area contributed by atoms with Crippen molar-refractivity contribution < 1.29 is 14.3 Å². The SMILES string of the molecule is C[C@H]1NC[C@@H]2CN(C(=O)OC(C)(C)C)CCN2C1=O. The molecule has 0 saturated carbocycles. The summed E-state index contributed by atoms with van der Waals surface area (Å²) >= 11 is 0. The molecule has 2 saturated heterocycles. The summed E-state index contributed by atoms with van der Waals surface area (Å²) in [6, 6.07) is -0.0608. The average Bonchev–Trinajstić information content (AvgIpc) is 2.31. The summed E-state index contributed by atoms with van der Waals surface area (Å²) < 4.78 is 5.37. The molecule has 0 bridgehead atoms. The van der Waals surface area contributed by atoms with Crippen LogP contribution in [0.1, 0.15) is 27.7 Å². The first kappa shape index (κ1) is 14.1. The van der Waals surface area contributed by atoms with E-state index in [2.05, 4.69) is 5.32 Å². The molecule has 0 aliphatic carbocycles. The van der Waals surface area contributed by atoms with Crippen LogP contribution in [0.4, 0.5) is 4.79 Å². The minimum atomic E-state index is -0.483. The highest BCUT2D eigenvalue weighted by molar-refractivity contribution is 5.83. The second-order valence-electron chi connectivity index (χ2n) is 6.24. The number of hydrogen-bond acceptors (Lipinski definition) is 4. The molecule has 6 heteroatoms. The van der Waals surface area contributed by atoms with Crippen LogP contribution in [-0.4, -0.2) is 65.7 Å².